The van der Waals surface area contributed by atoms with Gasteiger partial charge in [0.25, 0.3) is 0 Å². The van der Waals surface area contributed by atoms with E-state index >= 15 is 0 Å². The van der Waals surface area contributed by atoms with Crippen LogP contribution >= 0.6 is 0 Å². The van der Waals surface area contributed by atoms with E-state index in [4.69, 9.17) is 10.5 Å². The van der Waals surface area contributed by atoms with Crippen LogP contribution < -0.4 is 10.5 Å². The average molecular weight is 274 g/mol. The van der Waals surface area contributed by atoms with Crippen molar-refractivity contribution in [2.45, 2.75) is 38.8 Å². The maximum absolute atomic E-state index is 6.30. The van der Waals surface area contributed by atoms with Crippen molar-refractivity contribution in [2.24, 2.45) is 17.6 Å². The van der Waals surface area contributed by atoms with Crippen LogP contribution in [0.3, 0.4) is 0 Å². The van der Waals surface area contributed by atoms with Crippen molar-refractivity contribution < 1.29 is 4.74 Å². The van der Waals surface area contributed by atoms with Gasteiger partial charge in [-0.05, 0) is 37.7 Å². The van der Waals surface area contributed by atoms with Gasteiger partial charge >= 0.3 is 0 Å². The highest BCUT2D eigenvalue weighted by Crippen LogP contribution is 2.36. The second kappa shape index (κ2) is 6.15. The van der Waals surface area contributed by atoms with Gasteiger partial charge in [0.2, 0.25) is 0 Å². The van der Waals surface area contributed by atoms with E-state index in [1.165, 1.54) is 31.4 Å². The van der Waals surface area contributed by atoms with Crippen LogP contribution in [0.15, 0.2) is 24.3 Å². The molecule has 2 aliphatic rings. The summed E-state index contributed by atoms with van der Waals surface area (Å²) in [6, 6.07) is 8.84. The summed E-state index contributed by atoms with van der Waals surface area (Å²) in [5, 5.41) is 0. The minimum Gasteiger partial charge on any atom is -0.494 e. The molecule has 2 N–H and O–H groups in total. The molecule has 1 aromatic carbocycles. The summed E-state index contributed by atoms with van der Waals surface area (Å²) in [7, 11) is 0. The highest BCUT2D eigenvalue weighted by molar-refractivity contribution is 5.33. The molecule has 0 spiro atoms. The Labute approximate surface area is 122 Å². The van der Waals surface area contributed by atoms with Crippen molar-refractivity contribution in [3.05, 3.63) is 29.8 Å². The van der Waals surface area contributed by atoms with Crippen LogP contribution in [0.5, 0.6) is 5.75 Å². The molecule has 0 bridgehead atoms. The van der Waals surface area contributed by atoms with Crippen molar-refractivity contribution in [1.82, 2.24) is 4.90 Å². The highest BCUT2D eigenvalue weighted by atomic mass is 16.5. The van der Waals surface area contributed by atoms with Crippen molar-refractivity contribution in [2.75, 3.05) is 19.7 Å². The molecule has 1 aliphatic carbocycles. The lowest BCUT2D eigenvalue weighted by Crippen LogP contribution is -2.38. The first kappa shape index (κ1) is 13.9. The predicted molar refractivity (Wildman–Crippen MR) is 81.7 cm³/mol. The molecule has 1 heterocycles. The number of benzene rings is 1. The molecule has 3 atom stereocenters. The van der Waals surface area contributed by atoms with E-state index in [1.807, 2.05) is 13.0 Å². The smallest absolute Gasteiger partial charge is 0.123 e. The van der Waals surface area contributed by atoms with Gasteiger partial charge in [0.1, 0.15) is 5.75 Å². The van der Waals surface area contributed by atoms with E-state index in [0.717, 1.165) is 31.4 Å². The molecule has 1 saturated carbocycles. The van der Waals surface area contributed by atoms with Gasteiger partial charge in [-0.1, -0.05) is 24.6 Å². The highest BCUT2D eigenvalue weighted by Gasteiger charge is 2.38. The van der Waals surface area contributed by atoms with Gasteiger partial charge < -0.3 is 10.5 Å². The number of rotatable bonds is 4. The van der Waals surface area contributed by atoms with Gasteiger partial charge in [0.05, 0.1) is 6.61 Å². The van der Waals surface area contributed by atoms with Gasteiger partial charge in [-0.15, -0.1) is 0 Å². The summed E-state index contributed by atoms with van der Waals surface area (Å²) < 4.78 is 5.74. The molecule has 0 amide bonds. The summed E-state index contributed by atoms with van der Waals surface area (Å²) >= 11 is 0. The van der Waals surface area contributed by atoms with Gasteiger partial charge in [-0.2, -0.15) is 0 Å². The van der Waals surface area contributed by atoms with Gasteiger partial charge in [-0.25, -0.2) is 0 Å². The second-order valence-electron chi connectivity index (χ2n) is 6.25. The monoisotopic (exact) mass is 274 g/mol. The SMILES string of the molecule is CCOc1ccccc1CN1CC2CCCC(N)C2C1. The molecule has 1 aromatic rings. The zero-order chi connectivity index (χ0) is 13.9. The Morgan fingerprint density at radius 2 is 2.10 bits per heavy atom. The predicted octanol–water partition coefficient (Wildman–Crippen LogP) is 2.64. The molecule has 0 radical (unpaired) electrons. The van der Waals surface area contributed by atoms with Crippen molar-refractivity contribution in [3.63, 3.8) is 0 Å². The molecule has 3 rings (SSSR count). The number of ether oxygens (including phenoxy) is 1. The first-order valence-corrected chi connectivity index (χ1v) is 7.96. The first-order chi connectivity index (χ1) is 9.78. The molecule has 3 nitrogen and oxygen atoms in total. The van der Waals surface area contributed by atoms with Crippen LogP contribution in [0.4, 0.5) is 0 Å². The molecule has 3 heteroatoms. The van der Waals surface area contributed by atoms with Crippen molar-refractivity contribution >= 4 is 0 Å². The third kappa shape index (κ3) is 2.84. The first-order valence-electron chi connectivity index (χ1n) is 7.96. The van der Waals surface area contributed by atoms with Crippen LogP contribution in [0, 0.1) is 11.8 Å². The molecular weight excluding hydrogens is 248 g/mol. The number of likely N-dealkylation sites (tertiary alicyclic amines) is 1. The standard InChI is InChI=1S/C17H26N2O/c1-2-20-17-9-4-3-6-14(17)11-19-10-13-7-5-8-16(18)15(13)12-19/h3-4,6,9,13,15-16H,2,5,7-8,10-12,18H2,1H3. The Hall–Kier alpha value is -1.06. The molecule has 0 aromatic heterocycles. The van der Waals surface area contributed by atoms with Crippen LogP contribution in [-0.2, 0) is 6.54 Å². The molecule has 20 heavy (non-hydrogen) atoms. The van der Waals surface area contributed by atoms with Gasteiger partial charge in [0.15, 0.2) is 0 Å². The minimum absolute atomic E-state index is 0.417. The van der Waals surface area contributed by atoms with E-state index in [1.54, 1.807) is 0 Å². The summed E-state index contributed by atoms with van der Waals surface area (Å²) in [5.41, 5.74) is 7.61. The van der Waals surface area contributed by atoms with E-state index in [0.29, 0.717) is 12.0 Å². The van der Waals surface area contributed by atoms with Crippen LogP contribution in [0.2, 0.25) is 0 Å². The topological polar surface area (TPSA) is 38.5 Å². The number of fused-ring (bicyclic) bond motifs is 1. The zero-order valence-electron chi connectivity index (χ0n) is 12.4. The Morgan fingerprint density at radius 1 is 1.25 bits per heavy atom. The Bertz CT molecular complexity index is 448. The average Bonchev–Trinajstić information content (AvgIpc) is 2.85. The van der Waals surface area contributed by atoms with E-state index in [9.17, 15) is 0 Å². The fourth-order valence-corrected chi connectivity index (χ4v) is 3.91. The molecular formula is C17H26N2O. The normalized spacial score (nSPS) is 30.2. The second-order valence-corrected chi connectivity index (χ2v) is 6.25. The quantitative estimate of drug-likeness (QED) is 0.917. The number of nitrogens with two attached hydrogens (primary N) is 1. The lowest BCUT2D eigenvalue weighted by atomic mass is 9.78. The third-order valence-electron chi connectivity index (χ3n) is 4.90. The summed E-state index contributed by atoms with van der Waals surface area (Å²) in [6.07, 6.45) is 3.89. The largest absolute Gasteiger partial charge is 0.494 e. The molecule has 1 aliphatic heterocycles. The van der Waals surface area contributed by atoms with Gasteiger partial charge in [0, 0.05) is 31.2 Å². The summed E-state index contributed by atoms with van der Waals surface area (Å²) in [5.74, 6) is 2.56. The van der Waals surface area contributed by atoms with Gasteiger partial charge in [-0.3, -0.25) is 4.90 Å². The van der Waals surface area contributed by atoms with Crippen molar-refractivity contribution in [1.29, 1.82) is 0 Å². The summed E-state index contributed by atoms with van der Waals surface area (Å²) in [4.78, 5) is 2.57. The van der Waals surface area contributed by atoms with E-state index < -0.39 is 0 Å². The third-order valence-corrected chi connectivity index (χ3v) is 4.90. The van der Waals surface area contributed by atoms with Crippen molar-refractivity contribution in [3.8, 4) is 5.75 Å². The number of hydrogen-bond donors (Lipinski definition) is 1. The van der Waals surface area contributed by atoms with Crippen LogP contribution in [-0.4, -0.2) is 30.6 Å². The molecule has 1 saturated heterocycles. The maximum Gasteiger partial charge on any atom is 0.123 e. The Balaban J connectivity index is 1.67. The molecule has 3 unspecified atom stereocenters. The zero-order valence-corrected chi connectivity index (χ0v) is 12.4. The molecule has 110 valence electrons. The van der Waals surface area contributed by atoms with E-state index in [2.05, 4.69) is 23.1 Å². The minimum atomic E-state index is 0.417. The number of hydrogen-bond acceptors (Lipinski definition) is 3. The lowest BCUT2D eigenvalue weighted by molar-refractivity contribution is 0.259. The van der Waals surface area contributed by atoms with Crippen LogP contribution in [0.1, 0.15) is 31.7 Å². The lowest BCUT2D eigenvalue weighted by Gasteiger charge is -2.29. The fraction of sp³-hybridized carbons (Fsp3) is 0.647. The Morgan fingerprint density at radius 3 is 2.90 bits per heavy atom. The summed E-state index contributed by atoms with van der Waals surface area (Å²) in [6.45, 7) is 6.13. The molecule has 2 fully saturated rings. The number of para-hydroxylation sites is 1. The Kier molecular flexibility index (Phi) is 4.27. The maximum atomic E-state index is 6.30. The fourth-order valence-electron chi connectivity index (χ4n) is 3.91. The number of nitrogens with zero attached hydrogens (tertiary/aromatic N) is 1. The van der Waals surface area contributed by atoms with Crippen LogP contribution in [0.25, 0.3) is 0 Å². The van der Waals surface area contributed by atoms with E-state index in [-0.39, 0.29) is 0 Å².